The summed E-state index contributed by atoms with van der Waals surface area (Å²) in [7, 11) is 0. The molecule has 0 radical (unpaired) electrons. The van der Waals surface area contributed by atoms with Crippen molar-refractivity contribution >= 4 is 23.7 Å². The molecule has 0 aliphatic carbocycles. The minimum absolute atomic E-state index is 0.619. The number of benzene rings is 1. The Morgan fingerprint density at radius 1 is 1.50 bits per heavy atom. The molecular weight excluding hydrogens is 244 g/mol. The fourth-order valence-corrected chi connectivity index (χ4v) is 2.16. The van der Waals surface area contributed by atoms with Gasteiger partial charge in [0.15, 0.2) is 0 Å². The third-order valence-electron chi connectivity index (χ3n) is 2.72. The highest BCUT2D eigenvalue weighted by atomic mass is 32.1. The SMILES string of the molecule is C=CCn1c(CS)nc2cc(OCCC)ccc21. The van der Waals surface area contributed by atoms with E-state index in [0.717, 1.165) is 42.2 Å². The number of allylic oxidation sites excluding steroid dienone is 1. The summed E-state index contributed by atoms with van der Waals surface area (Å²) in [6, 6.07) is 6.02. The molecule has 0 N–H and O–H groups in total. The topological polar surface area (TPSA) is 27.1 Å². The highest BCUT2D eigenvalue weighted by Crippen LogP contribution is 2.23. The van der Waals surface area contributed by atoms with Gasteiger partial charge in [-0.15, -0.1) is 6.58 Å². The molecule has 0 amide bonds. The molecule has 1 aromatic carbocycles. The number of thiol groups is 1. The molecule has 2 aromatic rings. The molecule has 0 bridgehead atoms. The Morgan fingerprint density at radius 3 is 3.00 bits per heavy atom. The van der Waals surface area contributed by atoms with E-state index in [4.69, 9.17) is 4.74 Å². The molecular formula is C14H18N2OS. The first kappa shape index (κ1) is 13.0. The lowest BCUT2D eigenvalue weighted by Crippen LogP contribution is -2.00. The number of rotatable bonds is 6. The molecule has 96 valence electrons. The van der Waals surface area contributed by atoms with Crippen molar-refractivity contribution in [2.24, 2.45) is 0 Å². The quantitative estimate of drug-likeness (QED) is 0.638. The van der Waals surface area contributed by atoms with Gasteiger partial charge in [-0.3, -0.25) is 0 Å². The molecule has 0 aliphatic heterocycles. The Hall–Kier alpha value is -1.42. The van der Waals surface area contributed by atoms with Crippen LogP contribution in [0.1, 0.15) is 19.2 Å². The standard InChI is InChI=1S/C14H18N2OS/c1-3-7-16-13-6-5-11(17-8-4-2)9-12(13)15-14(16)10-18/h3,5-6,9,18H,1,4,7-8,10H2,2H3. The van der Waals surface area contributed by atoms with Crippen molar-refractivity contribution < 1.29 is 4.74 Å². The molecule has 2 rings (SSSR count). The maximum Gasteiger partial charge on any atom is 0.121 e. The lowest BCUT2D eigenvalue weighted by atomic mass is 10.3. The van der Waals surface area contributed by atoms with Crippen LogP contribution in [0, 0.1) is 0 Å². The summed E-state index contributed by atoms with van der Waals surface area (Å²) >= 11 is 4.32. The van der Waals surface area contributed by atoms with Gasteiger partial charge in [0, 0.05) is 18.4 Å². The van der Waals surface area contributed by atoms with E-state index >= 15 is 0 Å². The van der Waals surface area contributed by atoms with Crippen molar-refractivity contribution in [1.82, 2.24) is 9.55 Å². The molecule has 0 spiro atoms. The van der Waals surface area contributed by atoms with E-state index in [0.29, 0.717) is 5.75 Å². The van der Waals surface area contributed by atoms with Crippen LogP contribution >= 0.6 is 12.6 Å². The van der Waals surface area contributed by atoms with E-state index in [9.17, 15) is 0 Å². The molecule has 4 heteroatoms. The molecule has 0 aliphatic rings. The monoisotopic (exact) mass is 262 g/mol. The molecule has 0 fully saturated rings. The summed E-state index contributed by atoms with van der Waals surface area (Å²) < 4.78 is 7.74. The summed E-state index contributed by atoms with van der Waals surface area (Å²) in [5, 5.41) is 0. The van der Waals surface area contributed by atoms with Gasteiger partial charge in [0.25, 0.3) is 0 Å². The van der Waals surface area contributed by atoms with Crippen molar-refractivity contribution in [2.45, 2.75) is 25.6 Å². The number of hydrogen-bond acceptors (Lipinski definition) is 3. The summed E-state index contributed by atoms with van der Waals surface area (Å²) in [5.41, 5.74) is 2.05. The second kappa shape index (κ2) is 5.96. The predicted octanol–water partition coefficient (Wildman–Crippen LogP) is 3.44. The van der Waals surface area contributed by atoms with Crippen molar-refractivity contribution in [2.75, 3.05) is 6.61 Å². The summed E-state index contributed by atoms with van der Waals surface area (Å²) in [6.45, 7) is 7.36. The second-order valence-electron chi connectivity index (χ2n) is 4.08. The largest absolute Gasteiger partial charge is 0.494 e. The molecule has 1 aromatic heterocycles. The third-order valence-corrected chi connectivity index (χ3v) is 3.01. The lowest BCUT2D eigenvalue weighted by Gasteiger charge is -2.05. The maximum atomic E-state index is 5.62. The Bertz CT molecular complexity index is 548. The molecule has 0 atom stereocenters. The first-order chi connectivity index (χ1) is 8.80. The van der Waals surface area contributed by atoms with Gasteiger partial charge >= 0.3 is 0 Å². The second-order valence-corrected chi connectivity index (χ2v) is 4.40. The van der Waals surface area contributed by atoms with Gasteiger partial charge in [0.1, 0.15) is 11.6 Å². The molecule has 0 saturated carbocycles. The van der Waals surface area contributed by atoms with Gasteiger partial charge in [-0.2, -0.15) is 12.6 Å². The van der Waals surface area contributed by atoms with Crippen LogP contribution in [0.5, 0.6) is 5.75 Å². The Kier molecular flexibility index (Phi) is 4.31. The first-order valence-electron chi connectivity index (χ1n) is 6.13. The van der Waals surface area contributed by atoms with Crippen LogP contribution in [0.3, 0.4) is 0 Å². The Balaban J connectivity index is 2.41. The van der Waals surface area contributed by atoms with Crippen molar-refractivity contribution in [3.05, 3.63) is 36.7 Å². The van der Waals surface area contributed by atoms with Crippen LogP contribution in [0.15, 0.2) is 30.9 Å². The molecule has 0 saturated heterocycles. The van der Waals surface area contributed by atoms with Crippen LogP contribution in [0.4, 0.5) is 0 Å². The van der Waals surface area contributed by atoms with Gasteiger partial charge in [-0.05, 0) is 18.6 Å². The number of ether oxygens (including phenoxy) is 1. The van der Waals surface area contributed by atoms with Gasteiger partial charge < -0.3 is 9.30 Å². The average Bonchev–Trinajstić information content (AvgIpc) is 2.74. The van der Waals surface area contributed by atoms with Crippen LogP contribution in [0.2, 0.25) is 0 Å². The normalized spacial score (nSPS) is 10.8. The summed E-state index contributed by atoms with van der Waals surface area (Å²) in [4.78, 5) is 4.58. The smallest absolute Gasteiger partial charge is 0.121 e. The minimum Gasteiger partial charge on any atom is -0.494 e. The van der Waals surface area contributed by atoms with E-state index in [1.165, 1.54) is 0 Å². The zero-order valence-electron chi connectivity index (χ0n) is 10.6. The molecule has 18 heavy (non-hydrogen) atoms. The highest BCUT2D eigenvalue weighted by Gasteiger charge is 2.09. The third kappa shape index (κ3) is 2.53. The van der Waals surface area contributed by atoms with Gasteiger partial charge in [0.2, 0.25) is 0 Å². The van der Waals surface area contributed by atoms with Crippen molar-refractivity contribution in [3.63, 3.8) is 0 Å². The van der Waals surface area contributed by atoms with E-state index in [2.05, 4.69) is 35.7 Å². The van der Waals surface area contributed by atoms with E-state index in [-0.39, 0.29) is 0 Å². The van der Waals surface area contributed by atoms with E-state index < -0.39 is 0 Å². The fraction of sp³-hybridized carbons (Fsp3) is 0.357. The lowest BCUT2D eigenvalue weighted by molar-refractivity contribution is 0.318. The van der Waals surface area contributed by atoms with E-state index in [1.54, 1.807) is 0 Å². The molecule has 3 nitrogen and oxygen atoms in total. The first-order valence-corrected chi connectivity index (χ1v) is 6.77. The molecule has 0 unspecified atom stereocenters. The zero-order valence-corrected chi connectivity index (χ0v) is 11.5. The number of hydrogen-bond donors (Lipinski definition) is 1. The summed E-state index contributed by atoms with van der Waals surface area (Å²) in [6.07, 6.45) is 2.88. The van der Waals surface area contributed by atoms with Crippen LogP contribution in [-0.2, 0) is 12.3 Å². The van der Waals surface area contributed by atoms with Crippen LogP contribution < -0.4 is 4.74 Å². The minimum atomic E-state index is 0.619. The van der Waals surface area contributed by atoms with Crippen molar-refractivity contribution in [3.8, 4) is 5.75 Å². The highest BCUT2D eigenvalue weighted by molar-refractivity contribution is 7.79. The average molecular weight is 262 g/mol. The Morgan fingerprint density at radius 2 is 2.33 bits per heavy atom. The number of fused-ring (bicyclic) bond motifs is 1. The van der Waals surface area contributed by atoms with Gasteiger partial charge in [-0.1, -0.05) is 13.0 Å². The maximum absolute atomic E-state index is 5.62. The van der Waals surface area contributed by atoms with Gasteiger partial charge in [-0.25, -0.2) is 4.98 Å². The predicted molar refractivity (Wildman–Crippen MR) is 78.4 cm³/mol. The number of nitrogens with zero attached hydrogens (tertiary/aromatic N) is 2. The summed E-state index contributed by atoms with van der Waals surface area (Å²) in [5.74, 6) is 2.45. The number of imidazole rings is 1. The van der Waals surface area contributed by atoms with E-state index in [1.807, 2.05) is 24.3 Å². The number of aromatic nitrogens is 2. The van der Waals surface area contributed by atoms with Crippen LogP contribution in [0.25, 0.3) is 11.0 Å². The van der Waals surface area contributed by atoms with Crippen LogP contribution in [-0.4, -0.2) is 16.2 Å². The van der Waals surface area contributed by atoms with Crippen molar-refractivity contribution in [1.29, 1.82) is 0 Å². The Labute approximate surface area is 113 Å². The van der Waals surface area contributed by atoms with Gasteiger partial charge in [0.05, 0.1) is 17.6 Å². The molecule has 1 heterocycles. The fourth-order valence-electron chi connectivity index (χ4n) is 1.92. The zero-order chi connectivity index (χ0) is 13.0.